The summed E-state index contributed by atoms with van der Waals surface area (Å²) >= 11 is 0. The number of ether oxygens (including phenoxy) is 2. The summed E-state index contributed by atoms with van der Waals surface area (Å²) in [6, 6.07) is 11.9. The Morgan fingerprint density at radius 1 is 1.08 bits per heavy atom. The van der Waals surface area contributed by atoms with Crippen molar-refractivity contribution in [1.82, 2.24) is 5.32 Å². The maximum absolute atomic E-state index is 12.6. The number of hydrogen-bond donors (Lipinski definition) is 1. The summed E-state index contributed by atoms with van der Waals surface area (Å²) in [5.41, 5.74) is 0.213. The molecule has 0 aliphatic rings. The summed E-state index contributed by atoms with van der Waals surface area (Å²) in [5, 5.41) is 2.66. The van der Waals surface area contributed by atoms with Crippen LogP contribution in [0.25, 0.3) is 0 Å². The van der Waals surface area contributed by atoms with E-state index in [0.717, 1.165) is 23.4 Å². The second-order valence-electron chi connectivity index (χ2n) is 5.26. The molecule has 2 aromatic rings. The predicted molar refractivity (Wildman–Crippen MR) is 86.6 cm³/mol. The van der Waals surface area contributed by atoms with Gasteiger partial charge in [0.25, 0.3) is 5.91 Å². The predicted octanol–water partition coefficient (Wildman–Crippen LogP) is 3.45. The van der Waals surface area contributed by atoms with Crippen LogP contribution in [0.5, 0.6) is 11.5 Å². The first-order valence-corrected chi connectivity index (χ1v) is 7.58. The van der Waals surface area contributed by atoms with Crippen LogP contribution in [0.3, 0.4) is 0 Å². The number of rotatable bonds is 7. The molecule has 0 heterocycles. The van der Waals surface area contributed by atoms with E-state index >= 15 is 0 Å². The first-order chi connectivity index (χ1) is 11.9. The van der Waals surface area contributed by atoms with Crippen molar-refractivity contribution < 1.29 is 27.4 Å². The molecule has 0 spiro atoms. The van der Waals surface area contributed by atoms with Gasteiger partial charge in [0.2, 0.25) is 0 Å². The zero-order chi connectivity index (χ0) is 18.3. The summed E-state index contributed by atoms with van der Waals surface area (Å²) in [4.78, 5) is 11.7. The van der Waals surface area contributed by atoms with Crippen molar-refractivity contribution in [2.24, 2.45) is 0 Å². The van der Waals surface area contributed by atoms with Gasteiger partial charge < -0.3 is 14.8 Å². The highest BCUT2D eigenvalue weighted by Crippen LogP contribution is 2.31. The number of nitrogens with one attached hydrogen (secondary N) is 1. The number of alkyl halides is 3. The van der Waals surface area contributed by atoms with Crippen molar-refractivity contribution in [1.29, 1.82) is 0 Å². The zero-order valence-electron chi connectivity index (χ0n) is 13.6. The Morgan fingerprint density at radius 3 is 2.44 bits per heavy atom. The first-order valence-electron chi connectivity index (χ1n) is 7.58. The van der Waals surface area contributed by atoms with Crippen LogP contribution in [0.1, 0.15) is 11.1 Å². The molecule has 0 atom stereocenters. The van der Waals surface area contributed by atoms with Crippen molar-refractivity contribution in [3.8, 4) is 11.5 Å². The monoisotopic (exact) mass is 353 g/mol. The molecule has 0 aliphatic heterocycles. The highest BCUT2D eigenvalue weighted by molar-refractivity contribution is 5.77. The normalized spacial score (nSPS) is 11.0. The number of hydrogen-bond acceptors (Lipinski definition) is 3. The third-order valence-corrected chi connectivity index (χ3v) is 3.43. The number of methoxy groups -OCH3 is 1. The Kier molecular flexibility index (Phi) is 6.27. The highest BCUT2D eigenvalue weighted by Gasteiger charge is 2.30. The van der Waals surface area contributed by atoms with E-state index in [0.29, 0.717) is 13.0 Å². The molecule has 25 heavy (non-hydrogen) atoms. The van der Waals surface area contributed by atoms with Crippen LogP contribution in [0.2, 0.25) is 0 Å². The van der Waals surface area contributed by atoms with Crippen LogP contribution < -0.4 is 14.8 Å². The molecule has 7 heteroatoms. The lowest BCUT2D eigenvalue weighted by atomic mass is 10.1. The van der Waals surface area contributed by atoms with Gasteiger partial charge >= 0.3 is 6.18 Å². The van der Waals surface area contributed by atoms with Crippen molar-refractivity contribution in [2.45, 2.75) is 12.6 Å². The molecule has 0 aliphatic carbocycles. The molecule has 0 saturated carbocycles. The molecule has 1 amide bonds. The molecule has 0 unspecified atom stereocenters. The van der Waals surface area contributed by atoms with Crippen LogP contribution in [0.4, 0.5) is 13.2 Å². The molecule has 0 saturated heterocycles. The molecule has 2 aromatic carbocycles. The SMILES string of the molecule is COc1ccc(CCNC(=O)COc2cccc(C(F)(F)F)c2)cc1. The maximum atomic E-state index is 12.6. The molecule has 1 N–H and O–H groups in total. The summed E-state index contributed by atoms with van der Waals surface area (Å²) in [6.45, 7) is 0.0566. The van der Waals surface area contributed by atoms with E-state index in [1.807, 2.05) is 24.3 Å². The Hall–Kier alpha value is -2.70. The quantitative estimate of drug-likeness (QED) is 0.829. The Balaban J connectivity index is 1.75. The van der Waals surface area contributed by atoms with Gasteiger partial charge in [-0.25, -0.2) is 0 Å². The molecule has 0 fully saturated rings. The fourth-order valence-electron chi connectivity index (χ4n) is 2.10. The Labute approximate surface area is 143 Å². The van der Waals surface area contributed by atoms with Crippen LogP contribution >= 0.6 is 0 Å². The fourth-order valence-corrected chi connectivity index (χ4v) is 2.10. The van der Waals surface area contributed by atoms with Crippen molar-refractivity contribution in [3.05, 3.63) is 59.7 Å². The number of amides is 1. The van der Waals surface area contributed by atoms with Crippen LogP contribution in [-0.4, -0.2) is 26.2 Å². The lowest BCUT2D eigenvalue weighted by Crippen LogP contribution is -2.30. The Bertz CT molecular complexity index is 699. The zero-order valence-corrected chi connectivity index (χ0v) is 13.6. The molecule has 134 valence electrons. The van der Waals surface area contributed by atoms with E-state index in [-0.39, 0.29) is 12.4 Å². The summed E-state index contributed by atoms with van der Waals surface area (Å²) in [7, 11) is 1.58. The van der Waals surface area contributed by atoms with Gasteiger partial charge in [-0.15, -0.1) is 0 Å². The van der Waals surface area contributed by atoms with E-state index in [4.69, 9.17) is 9.47 Å². The van der Waals surface area contributed by atoms with Gasteiger partial charge in [-0.1, -0.05) is 18.2 Å². The van der Waals surface area contributed by atoms with E-state index in [1.54, 1.807) is 7.11 Å². The van der Waals surface area contributed by atoms with E-state index in [9.17, 15) is 18.0 Å². The van der Waals surface area contributed by atoms with E-state index in [1.165, 1.54) is 12.1 Å². The Morgan fingerprint density at radius 2 is 1.80 bits per heavy atom. The molecule has 4 nitrogen and oxygen atoms in total. The number of halogens is 3. The van der Waals surface area contributed by atoms with E-state index < -0.39 is 17.6 Å². The average Bonchev–Trinajstić information content (AvgIpc) is 2.60. The van der Waals surface area contributed by atoms with Gasteiger partial charge in [0, 0.05) is 6.54 Å². The summed E-state index contributed by atoms with van der Waals surface area (Å²) < 4.78 is 48.0. The lowest BCUT2D eigenvalue weighted by molar-refractivity contribution is -0.137. The largest absolute Gasteiger partial charge is 0.497 e. The minimum absolute atomic E-state index is 0.000120. The van der Waals surface area contributed by atoms with Crippen LogP contribution in [-0.2, 0) is 17.4 Å². The number of carbonyl (C=O) groups excluding carboxylic acids is 1. The third-order valence-electron chi connectivity index (χ3n) is 3.43. The molecule has 0 aromatic heterocycles. The second-order valence-corrected chi connectivity index (χ2v) is 5.26. The minimum atomic E-state index is -4.44. The van der Waals surface area contributed by atoms with Crippen molar-refractivity contribution >= 4 is 5.91 Å². The number of carbonyl (C=O) groups is 1. The second kappa shape index (κ2) is 8.41. The van der Waals surface area contributed by atoms with Crippen LogP contribution in [0.15, 0.2) is 48.5 Å². The molecular weight excluding hydrogens is 335 g/mol. The highest BCUT2D eigenvalue weighted by atomic mass is 19.4. The minimum Gasteiger partial charge on any atom is -0.497 e. The molecular formula is C18H18F3NO3. The van der Waals surface area contributed by atoms with Crippen LogP contribution in [0, 0.1) is 0 Å². The van der Waals surface area contributed by atoms with E-state index in [2.05, 4.69) is 5.32 Å². The molecule has 0 bridgehead atoms. The van der Waals surface area contributed by atoms with Crippen molar-refractivity contribution in [3.63, 3.8) is 0 Å². The van der Waals surface area contributed by atoms with Gasteiger partial charge in [-0.05, 0) is 42.3 Å². The fraction of sp³-hybridized carbons (Fsp3) is 0.278. The lowest BCUT2D eigenvalue weighted by Gasteiger charge is -2.10. The van der Waals surface area contributed by atoms with Gasteiger partial charge in [0.1, 0.15) is 11.5 Å². The van der Waals surface area contributed by atoms with Gasteiger partial charge in [-0.2, -0.15) is 13.2 Å². The summed E-state index contributed by atoms with van der Waals surface area (Å²) in [6.07, 6.45) is -3.82. The van der Waals surface area contributed by atoms with Gasteiger partial charge in [0.15, 0.2) is 6.61 Å². The van der Waals surface area contributed by atoms with Crippen molar-refractivity contribution in [2.75, 3.05) is 20.3 Å². The molecule has 2 rings (SSSR count). The number of benzene rings is 2. The first kappa shape index (κ1) is 18.6. The molecule has 0 radical (unpaired) electrons. The summed E-state index contributed by atoms with van der Waals surface area (Å²) in [5.74, 6) is 0.355. The standard InChI is InChI=1S/C18H18F3NO3/c1-24-15-7-5-13(6-8-15)9-10-22-17(23)12-25-16-4-2-3-14(11-16)18(19,20)21/h2-8,11H,9-10,12H2,1H3,(H,22,23). The smallest absolute Gasteiger partial charge is 0.416 e. The topological polar surface area (TPSA) is 47.6 Å². The third kappa shape index (κ3) is 6.02. The van der Waals surface area contributed by atoms with Gasteiger partial charge in [-0.3, -0.25) is 4.79 Å². The average molecular weight is 353 g/mol. The van der Waals surface area contributed by atoms with Gasteiger partial charge in [0.05, 0.1) is 12.7 Å². The maximum Gasteiger partial charge on any atom is 0.416 e.